The summed E-state index contributed by atoms with van der Waals surface area (Å²) in [5, 5.41) is 3.43. The second-order valence-electron chi connectivity index (χ2n) is 4.32. The molecular formula is C13H14FN3. The largest absolute Gasteiger partial charge is 0.309 e. The van der Waals surface area contributed by atoms with Crippen LogP contribution in [0.15, 0.2) is 36.8 Å². The van der Waals surface area contributed by atoms with Crippen molar-refractivity contribution in [2.24, 2.45) is 0 Å². The Hall–Kier alpha value is -1.68. The highest BCUT2D eigenvalue weighted by Crippen LogP contribution is 2.25. The van der Waals surface area contributed by atoms with Gasteiger partial charge in [0, 0.05) is 11.7 Å². The van der Waals surface area contributed by atoms with Crippen LogP contribution in [0.4, 0.5) is 4.39 Å². The highest BCUT2D eigenvalue weighted by molar-refractivity contribution is 5.34. The number of halogens is 1. The summed E-state index contributed by atoms with van der Waals surface area (Å²) >= 11 is 0. The SMILES string of the molecule is Fc1cccc(-n2cncc2[C@@H]2CCCN2)c1. The molecule has 0 bridgehead atoms. The smallest absolute Gasteiger partial charge is 0.125 e. The number of nitrogens with zero attached hydrogens (tertiary/aromatic N) is 2. The maximum Gasteiger partial charge on any atom is 0.125 e. The first kappa shape index (κ1) is 10.5. The zero-order valence-electron chi connectivity index (χ0n) is 9.44. The minimum atomic E-state index is -0.221. The van der Waals surface area contributed by atoms with Gasteiger partial charge in [-0.25, -0.2) is 9.37 Å². The third-order valence-corrected chi connectivity index (χ3v) is 3.17. The Balaban J connectivity index is 2.00. The van der Waals surface area contributed by atoms with Crippen LogP contribution in [0, 0.1) is 5.82 Å². The number of hydrogen-bond acceptors (Lipinski definition) is 2. The first-order valence-corrected chi connectivity index (χ1v) is 5.86. The summed E-state index contributed by atoms with van der Waals surface area (Å²) in [4.78, 5) is 4.17. The number of aromatic nitrogens is 2. The van der Waals surface area contributed by atoms with Crippen molar-refractivity contribution >= 4 is 0 Å². The molecule has 0 unspecified atom stereocenters. The van der Waals surface area contributed by atoms with E-state index in [9.17, 15) is 4.39 Å². The first-order valence-electron chi connectivity index (χ1n) is 5.86. The molecule has 1 aromatic carbocycles. The summed E-state index contributed by atoms with van der Waals surface area (Å²) in [6.07, 6.45) is 5.89. The van der Waals surface area contributed by atoms with Crippen LogP contribution in [0.5, 0.6) is 0 Å². The van der Waals surface area contributed by atoms with E-state index in [0.717, 1.165) is 24.3 Å². The Labute approximate surface area is 99.3 Å². The molecule has 1 fully saturated rings. The second-order valence-corrected chi connectivity index (χ2v) is 4.32. The summed E-state index contributed by atoms with van der Waals surface area (Å²) in [7, 11) is 0. The topological polar surface area (TPSA) is 29.9 Å². The van der Waals surface area contributed by atoms with Crippen LogP contribution in [0.3, 0.4) is 0 Å². The standard InChI is InChI=1S/C13H14FN3/c14-10-3-1-4-11(7-10)17-9-15-8-13(17)12-5-2-6-16-12/h1,3-4,7-9,12,16H,2,5-6H2/t12-/m0/s1. The van der Waals surface area contributed by atoms with Crippen molar-refractivity contribution in [1.29, 1.82) is 0 Å². The summed E-state index contributed by atoms with van der Waals surface area (Å²) in [6, 6.07) is 6.93. The van der Waals surface area contributed by atoms with Gasteiger partial charge in [-0.3, -0.25) is 0 Å². The van der Waals surface area contributed by atoms with Gasteiger partial charge in [0.05, 0.1) is 18.2 Å². The Morgan fingerprint density at radius 2 is 2.35 bits per heavy atom. The van der Waals surface area contributed by atoms with Gasteiger partial charge in [0.25, 0.3) is 0 Å². The molecule has 0 radical (unpaired) electrons. The lowest BCUT2D eigenvalue weighted by molar-refractivity contribution is 0.609. The number of hydrogen-bond donors (Lipinski definition) is 1. The molecule has 1 atom stereocenters. The van der Waals surface area contributed by atoms with Crippen molar-refractivity contribution in [3.05, 3.63) is 48.3 Å². The van der Waals surface area contributed by atoms with Gasteiger partial charge in [0.2, 0.25) is 0 Å². The van der Waals surface area contributed by atoms with Gasteiger partial charge in [0.1, 0.15) is 5.82 Å². The van der Waals surface area contributed by atoms with Gasteiger partial charge < -0.3 is 9.88 Å². The molecule has 1 N–H and O–H groups in total. The van der Waals surface area contributed by atoms with Gasteiger partial charge in [-0.1, -0.05) is 6.07 Å². The molecule has 4 heteroatoms. The van der Waals surface area contributed by atoms with Gasteiger partial charge in [-0.15, -0.1) is 0 Å². The minimum absolute atomic E-state index is 0.221. The summed E-state index contributed by atoms with van der Waals surface area (Å²) in [5.41, 5.74) is 1.93. The number of nitrogens with one attached hydrogen (secondary N) is 1. The van der Waals surface area contributed by atoms with Crippen LogP contribution in [0.2, 0.25) is 0 Å². The summed E-state index contributed by atoms with van der Waals surface area (Å²) in [6.45, 7) is 1.04. The highest BCUT2D eigenvalue weighted by atomic mass is 19.1. The van der Waals surface area contributed by atoms with Gasteiger partial charge in [0.15, 0.2) is 0 Å². The average molecular weight is 231 g/mol. The lowest BCUT2D eigenvalue weighted by Crippen LogP contribution is -2.16. The number of imidazole rings is 1. The Kier molecular flexibility index (Phi) is 2.65. The lowest BCUT2D eigenvalue weighted by atomic mass is 10.1. The van der Waals surface area contributed by atoms with Crippen LogP contribution in [0.25, 0.3) is 5.69 Å². The van der Waals surface area contributed by atoms with E-state index in [2.05, 4.69) is 10.3 Å². The molecule has 2 aromatic rings. The maximum atomic E-state index is 13.2. The molecule has 0 saturated carbocycles. The molecule has 0 aliphatic carbocycles. The van der Waals surface area contributed by atoms with Crippen molar-refractivity contribution in [3.63, 3.8) is 0 Å². The predicted molar refractivity (Wildman–Crippen MR) is 63.5 cm³/mol. The number of benzene rings is 1. The zero-order valence-corrected chi connectivity index (χ0v) is 9.44. The normalized spacial score (nSPS) is 19.7. The molecule has 1 aliphatic heterocycles. The fraction of sp³-hybridized carbons (Fsp3) is 0.308. The summed E-state index contributed by atoms with van der Waals surface area (Å²) < 4.78 is 15.2. The van der Waals surface area contributed by atoms with Crippen molar-refractivity contribution in [1.82, 2.24) is 14.9 Å². The van der Waals surface area contributed by atoms with E-state index < -0.39 is 0 Å². The molecule has 17 heavy (non-hydrogen) atoms. The Morgan fingerprint density at radius 3 is 3.12 bits per heavy atom. The van der Waals surface area contributed by atoms with Crippen LogP contribution in [0.1, 0.15) is 24.6 Å². The third-order valence-electron chi connectivity index (χ3n) is 3.17. The van der Waals surface area contributed by atoms with E-state index >= 15 is 0 Å². The molecule has 1 aromatic heterocycles. The molecule has 3 nitrogen and oxygen atoms in total. The van der Waals surface area contributed by atoms with E-state index in [-0.39, 0.29) is 5.82 Å². The predicted octanol–water partition coefficient (Wildman–Crippen LogP) is 2.44. The number of rotatable bonds is 2. The van der Waals surface area contributed by atoms with Crippen LogP contribution < -0.4 is 5.32 Å². The van der Waals surface area contributed by atoms with Crippen LogP contribution in [-0.4, -0.2) is 16.1 Å². The Morgan fingerprint density at radius 1 is 1.41 bits per heavy atom. The average Bonchev–Trinajstić information content (AvgIpc) is 3.00. The zero-order chi connectivity index (χ0) is 11.7. The molecule has 3 rings (SSSR count). The third kappa shape index (κ3) is 1.96. The van der Waals surface area contributed by atoms with E-state index in [1.54, 1.807) is 12.4 Å². The fourth-order valence-electron chi connectivity index (χ4n) is 2.34. The van der Waals surface area contributed by atoms with Crippen molar-refractivity contribution in [3.8, 4) is 5.69 Å². The quantitative estimate of drug-likeness (QED) is 0.860. The lowest BCUT2D eigenvalue weighted by Gasteiger charge is -2.13. The summed E-state index contributed by atoms with van der Waals surface area (Å²) in [5.74, 6) is -0.221. The second kappa shape index (κ2) is 4.30. The molecule has 2 heterocycles. The molecule has 0 amide bonds. The minimum Gasteiger partial charge on any atom is -0.309 e. The van der Waals surface area contributed by atoms with E-state index in [4.69, 9.17) is 0 Å². The van der Waals surface area contributed by atoms with Crippen molar-refractivity contribution < 1.29 is 4.39 Å². The van der Waals surface area contributed by atoms with E-state index in [1.807, 2.05) is 16.8 Å². The molecule has 1 aliphatic rings. The van der Waals surface area contributed by atoms with Gasteiger partial charge in [-0.05, 0) is 37.6 Å². The highest BCUT2D eigenvalue weighted by Gasteiger charge is 2.20. The molecule has 1 saturated heterocycles. The molecule has 0 spiro atoms. The molecule has 88 valence electrons. The van der Waals surface area contributed by atoms with E-state index in [0.29, 0.717) is 6.04 Å². The first-order chi connectivity index (χ1) is 8.34. The maximum absolute atomic E-state index is 13.2. The van der Waals surface area contributed by atoms with Crippen LogP contribution >= 0.6 is 0 Å². The van der Waals surface area contributed by atoms with Crippen LogP contribution in [-0.2, 0) is 0 Å². The van der Waals surface area contributed by atoms with E-state index in [1.165, 1.54) is 18.6 Å². The van der Waals surface area contributed by atoms with Gasteiger partial charge >= 0.3 is 0 Å². The van der Waals surface area contributed by atoms with Gasteiger partial charge in [-0.2, -0.15) is 0 Å². The monoisotopic (exact) mass is 231 g/mol. The fourth-order valence-corrected chi connectivity index (χ4v) is 2.34. The molecular weight excluding hydrogens is 217 g/mol. The van der Waals surface area contributed by atoms with Crippen molar-refractivity contribution in [2.45, 2.75) is 18.9 Å². The van der Waals surface area contributed by atoms with Crippen molar-refractivity contribution in [2.75, 3.05) is 6.54 Å². The Bertz CT molecular complexity index is 515.